The predicted molar refractivity (Wildman–Crippen MR) is 106 cm³/mol. The summed E-state index contributed by atoms with van der Waals surface area (Å²) in [7, 11) is 0. The molecule has 1 amide bonds. The Morgan fingerprint density at radius 2 is 1.64 bits per heavy atom. The van der Waals surface area contributed by atoms with Crippen molar-refractivity contribution in [2.75, 3.05) is 13.2 Å². The second kappa shape index (κ2) is 8.83. The number of Topliss-reactive ketones (excluding diaryl/α,β-unsaturated/α-hetero) is 1. The fraction of sp³-hybridized carbons (Fsp3) is 0.348. The molecule has 2 aromatic carbocycles. The molecule has 0 radical (unpaired) electrons. The Morgan fingerprint density at radius 1 is 1.00 bits per heavy atom. The van der Waals surface area contributed by atoms with E-state index in [1.54, 1.807) is 24.3 Å². The number of ether oxygens (including phenoxy) is 1. The molecule has 3 rings (SSSR count). The summed E-state index contributed by atoms with van der Waals surface area (Å²) in [5, 5.41) is 0. The van der Waals surface area contributed by atoms with Crippen LogP contribution in [0.25, 0.3) is 0 Å². The number of nitrogens with zero attached hydrogens (tertiary/aromatic N) is 1. The third-order valence-corrected chi connectivity index (χ3v) is 4.97. The number of likely N-dealkylation sites (tertiary alicyclic amines) is 1. The molecule has 0 unspecified atom stereocenters. The molecule has 0 spiro atoms. The zero-order chi connectivity index (χ0) is 20.1. The monoisotopic (exact) mass is 379 g/mol. The van der Waals surface area contributed by atoms with E-state index in [0.29, 0.717) is 30.0 Å². The number of rotatable bonds is 7. The van der Waals surface area contributed by atoms with Gasteiger partial charge >= 0.3 is 5.97 Å². The molecule has 5 nitrogen and oxygen atoms in total. The number of esters is 1. The Hall–Kier alpha value is -2.95. The van der Waals surface area contributed by atoms with Gasteiger partial charge in [-0.1, -0.05) is 50.2 Å². The molecule has 2 aromatic rings. The number of hydrogen-bond acceptors (Lipinski definition) is 4. The van der Waals surface area contributed by atoms with Crippen LogP contribution in [-0.2, 0) is 16.1 Å². The van der Waals surface area contributed by atoms with Crippen LogP contribution in [0.5, 0.6) is 0 Å². The highest BCUT2D eigenvalue weighted by Gasteiger charge is 2.20. The first-order valence-electron chi connectivity index (χ1n) is 9.61. The van der Waals surface area contributed by atoms with E-state index in [1.165, 1.54) is 0 Å². The molecule has 28 heavy (non-hydrogen) atoms. The molecule has 0 bridgehead atoms. The lowest BCUT2D eigenvalue weighted by molar-refractivity contribution is -0.128. The quantitative estimate of drug-likeness (QED) is 0.539. The molecule has 0 saturated carbocycles. The van der Waals surface area contributed by atoms with Crippen LogP contribution in [0.15, 0.2) is 48.5 Å². The summed E-state index contributed by atoms with van der Waals surface area (Å²) in [6.45, 7) is 5.23. The number of amides is 1. The molecular formula is C23H25NO4. The lowest BCUT2D eigenvalue weighted by Crippen LogP contribution is -2.23. The van der Waals surface area contributed by atoms with Gasteiger partial charge in [-0.25, -0.2) is 4.79 Å². The van der Waals surface area contributed by atoms with E-state index in [9.17, 15) is 14.4 Å². The van der Waals surface area contributed by atoms with Gasteiger partial charge in [-0.05, 0) is 35.6 Å². The summed E-state index contributed by atoms with van der Waals surface area (Å²) in [5.41, 5.74) is 3.04. The summed E-state index contributed by atoms with van der Waals surface area (Å²) in [6, 6.07) is 14.3. The van der Waals surface area contributed by atoms with Crippen LogP contribution in [-0.4, -0.2) is 35.7 Å². The molecule has 1 aliphatic rings. The Morgan fingerprint density at radius 3 is 2.21 bits per heavy atom. The van der Waals surface area contributed by atoms with Gasteiger partial charge < -0.3 is 9.64 Å². The maximum absolute atomic E-state index is 12.2. The number of ketones is 1. The van der Waals surface area contributed by atoms with Crippen molar-refractivity contribution in [3.8, 4) is 0 Å². The average Bonchev–Trinajstić information content (AvgIpc) is 3.11. The predicted octanol–water partition coefficient (Wildman–Crippen LogP) is 3.97. The summed E-state index contributed by atoms with van der Waals surface area (Å²) < 4.78 is 5.16. The highest BCUT2D eigenvalue weighted by atomic mass is 16.5. The van der Waals surface area contributed by atoms with Crippen LogP contribution < -0.4 is 0 Å². The topological polar surface area (TPSA) is 63.7 Å². The minimum atomic E-state index is -0.532. The lowest BCUT2D eigenvalue weighted by Gasteiger charge is -2.15. The van der Waals surface area contributed by atoms with E-state index >= 15 is 0 Å². The summed E-state index contributed by atoms with van der Waals surface area (Å²) in [5.74, 6) is -0.194. The van der Waals surface area contributed by atoms with E-state index in [-0.39, 0.29) is 18.3 Å². The van der Waals surface area contributed by atoms with Crippen molar-refractivity contribution in [2.45, 2.75) is 39.2 Å². The molecule has 0 atom stereocenters. The van der Waals surface area contributed by atoms with Crippen molar-refractivity contribution >= 4 is 17.7 Å². The maximum Gasteiger partial charge on any atom is 0.338 e. The van der Waals surface area contributed by atoms with Crippen molar-refractivity contribution < 1.29 is 19.1 Å². The molecule has 1 saturated heterocycles. The highest BCUT2D eigenvalue weighted by Crippen LogP contribution is 2.16. The summed E-state index contributed by atoms with van der Waals surface area (Å²) in [6.07, 6.45) is 1.51. The molecule has 0 aliphatic carbocycles. The van der Waals surface area contributed by atoms with Crippen LogP contribution >= 0.6 is 0 Å². The van der Waals surface area contributed by atoms with Gasteiger partial charge in [-0.3, -0.25) is 9.59 Å². The first kappa shape index (κ1) is 19.8. The van der Waals surface area contributed by atoms with Crippen molar-refractivity contribution in [3.05, 3.63) is 70.8 Å². The first-order chi connectivity index (χ1) is 13.4. The van der Waals surface area contributed by atoms with Crippen molar-refractivity contribution in [1.29, 1.82) is 0 Å². The van der Waals surface area contributed by atoms with Crippen LogP contribution in [0.4, 0.5) is 0 Å². The van der Waals surface area contributed by atoms with Crippen molar-refractivity contribution in [1.82, 2.24) is 4.90 Å². The van der Waals surface area contributed by atoms with Crippen molar-refractivity contribution in [2.24, 2.45) is 0 Å². The fourth-order valence-corrected chi connectivity index (χ4v) is 3.19. The van der Waals surface area contributed by atoms with E-state index < -0.39 is 5.97 Å². The van der Waals surface area contributed by atoms with Gasteiger partial charge in [0.05, 0.1) is 5.56 Å². The van der Waals surface area contributed by atoms with Crippen LogP contribution in [0.3, 0.4) is 0 Å². The van der Waals surface area contributed by atoms with E-state index in [0.717, 1.165) is 24.1 Å². The van der Waals surface area contributed by atoms with E-state index in [1.807, 2.05) is 29.2 Å². The van der Waals surface area contributed by atoms with Gasteiger partial charge in [0.2, 0.25) is 5.91 Å². The van der Waals surface area contributed by atoms with Gasteiger partial charge in [0.25, 0.3) is 0 Å². The Bertz CT molecular complexity index is 853. The minimum Gasteiger partial charge on any atom is -0.454 e. The smallest absolute Gasteiger partial charge is 0.338 e. The summed E-state index contributed by atoms with van der Waals surface area (Å²) >= 11 is 0. The number of benzene rings is 2. The molecule has 0 aromatic heterocycles. The second-order valence-electron chi connectivity index (χ2n) is 7.39. The van der Waals surface area contributed by atoms with Crippen LogP contribution in [0.1, 0.15) is 64.4 Å². The standard InChI is InChI=1S/C23H25NO4/c1-16(2)18-9-11-19(12-10-18)21(25)15-28-23(27)20-7-5-17(6-8-20)14-24-13-3-4-22(24)26/h5-12,16H,3-4,13-15H2,1-2H3. The Kier molecular flexibility index (Phi) is 6.24. The first-order valence-corrected chi connectivity index (χ1v) is 9.61. The molecule has 0 N–H and O–H groups in total. The molecular weight excluding hydrogens is 354 g/mol. The third-order valence-electron chi connectivity index (χ3n) is 4.97. The van der Waals surface area contributed by atoms with Crippen LogP contribution in [0, 0.1) is 0 Å². The van der Waals surface area contributed by atoms with Crippen molar-refractivity contribution in [3.63, 3.8) is 0 Å². The molecule has 1 fully saturated rings. The average molecular weight is 379 g/mol. The van der Waals surface area contributed by atoms with E-state index in [4.69, 9.17) is 4.74 Å². The molecule has 1 aliphatic heterocycles. The Labute approximate surface area is 165 Å². The Balaban J connectivity index is 1.52. The second-order valence-corrected chi connectivity index (χ2v) is 7.39. The molecule has 5 heteroatoms. The largest absolute Gasteiger partial charge is 0.454 e. The normalized spacial score (nSPS) is 13.8. The van der Waals surface area contributed by atoms with Gasteiger partial charge in [-0.15, -0.1) is 0 Å². The zero-order valence-electron chi connectivity index (χ0n) is 16.3. The minimum absolute atomic E-state index is 0.170. The summed E-state index contributed by atoms with van der Waals surface area (Å²) in [4.78, 5) is 37.9. The van der Waals surface area contributed by atoms with E-state index in [2.05, 4.69) is 13.8 Å². The maximum atomic E-state index is 12.2. The zero-order valence-corrected chi connectivity index (χ0v) is 16.3. The fourth-order valence-electron chi connectivity index (χ4n) is 3.19. The van der Waals surface area contributed by atoms with Gasteiger partial charge in [0, 0.05) is 25.1 Å². The third kappa shape index (κ3) is 4.85. The van der Waals surface area contributed by atoms with Crippen LogP contribution in [0.2, 0.25) is 0 Å². The number of hydrogen-bond donors (Lipinski definition) is 0. The molecule has 1 heterocycles. The molecule has 146 valence electrons. The highest BCUT2D eigenvalue weighted by molar-refractivity contribution is 5.99. The number of carbonyl (C=O) groups is 3. The van der Waals surface area contributed by atoms with Gasteiger partial charge in [0.15, 0.2) is 12.4 Å². The number of carbonyl (C=O) groups excluding carboxylic acids is 3. The van der Waals surface area contributed by atoms with Gasteiger partial charge in [0.1, 0.15) is 0 Å². The SMILES string of the molecule is CC(C)c1ccc(C(=O)COC(=O)c2ccc(CN3CCCC3=O)cc2)cc1. The van der Waals surface area contributed by atoms with Gasteiger partial charge in [-0.2, -0.15) is 0 Å². The lowest BCUT2D eigenvalue weighted by atomic mass is 10.0.